The Hall–Kier alpha value is -3.68. The second kappa shape index (κ2) is 8.36. The van der Waals surface area contributed by atoms with Gasteiger partial charge in [0.2, 0.25) is 0 Å². The van der Waals surface area contributed by atoms with Gasteiger partial charge in [-0.1, -0.05) is 36.4 Å². The number of nitrogens with one attached hydrogen (secondary N) is 1. The maximum atomic E-state index is 13.7. The number of benzene rings is 2. The predicted octanol–water partition coefficient (Wildman–Crippen LogP) is 2.62. The minimum atomic E-state index is -0.454. The van der Waals surface area contributed by atoms with Crippen LogP contribution in [0, 0.1) is 5.82 Å². The second-order valence-corrected chi connectivity index (χ2v) is 6.95. The van der Waals surface area contributed by atoms with E-state index in [4.69, 9.17) is 4.74 Å². The first-order valence-electron chi connectivity index (χ1n) is 9.57. The number of fused-ring (bicyclic) bond motifs is 1. The van der Waals surface area contributed by atoms with Crippen molar-refractivity contribution in [1.29, 1.82) is 0 Å². The number of methoxy groups -OCH3 is 1. The molecule has 0 radical (unpaired) electrons. The molecule has 0 spiro atoms. The molecule has 0 bridgehead atoms. The number of carbonyl (C=O) groups is 2. The third-order valence-corrected chi connectivity index (χ3v) is 5.05. The molecule has 0 aliphatic carbocycles. The lowest BCUT2D eigenvalue weighted by Crippen LogP contribution is -2.39. The number of rotatable bonds is 6. The van der Waals surface area contributed by atoms with Crippen molar-refractivity contribution >= 4 is 11.8 Å². The molecule has 2 amide bonds. The molecule has 8 heteroatoms. The van der Waals surface area contributed by atoms with Crippen LogP contribution in [-0.4, -0.2) is 40.1 Å². The van der Waals surface area contributed by atoms with Crippen LogP contribution in [0.3, 0.4) is 0 Å². The molecule has 1 aliphatic rings. The third kappa shape index (κ3) is 3.89. The van der Waals surface area contributed by atoms with Gasteiger partial charge in [0.25, 0.3) is 11.8 Å². The Bertz CT molecular complexity index is 1100. The second-order valence-electron chi connectivity index (χ2n) is 6.95. The van der Waals surface area contributed by atoms with Gasteiger partial charge in [-0.15, -0.1) is 0 Å². The van der Waals surface area contributed by atoms with Crippen LogP contribution in [0.2, 0.25) is 0 Å². The fraction of sp³-hybridized carbons (Fsp3) is 0.227. The van der Waals surface area contributed by atoms with Crippen LogP contribution in [0.4, 0.5) is 4.39 Å². The number of ether oxygens (including phenoxy) is 1. The number of hydrogen-bond donors (Lipinski definition) is 1. The van der Waals surface area contributed by atoms with Crippen LogP contribution >= 0.6 is 0 Å². The summed E-state index contributed by atoms with van der Waals surface area (Å²) in [6, 6.07) is 15.3. The van der Waals surface area contributed by atoms with E-state index in [1.807, 2.05) is 24.3 Å². The molecule has 2 aromatic carbocycles. The van der Waals surface area contributed by atoms with E-state index in [2.05, 4.69) is 10.4 Å². The molecule has 0 fully saturated rings. The topological polar surface area (TPSA) is 76.5 Å². The molecule has 1 aliphatic heterocycles. The van der Waals surface area contributed by atoms with Gasteiger partial charge in [0.15, 0.2) is 5.69 Å². The molecule has 3 aromatic rings. The summed E-state index contributed by atoms with van der Waals surface area (Å²) in [5.74, 6) is -0.321. The Labute approximate surface area is 173 Å². The van der Waals surface area contributed by atoms with Crippen molar-refractivity contribution in [3.8, 4) is 5.75 Å². The average molecular weight is 408 g/mol. The summed E-state index contributed by atoms with van der Waals surface area (Å²) in [6.45, 7) is 1.41. The highest BCUT2D eigenvalue weighted by Crippen LogP contribution is 2.22. The van der Waals surface area contributed by atoms with Gasteiger partial charge in [0.05, 0.1) is 13.7 Å². The lowest BCUT2D eigenvalue weighted by Gasteiger charge is -2.28. The largest absolute Gasteiger partial charge is 0.496 e. The van der Waals surface area contributed by atoms with Gasteiger partial charge in [0.1, 0.15) is 17.3 Å². The lowest BCUT2D eigenvalue weighted by molar-refractivity contribution is 0.0681. The van der Waals surface area contributed by atoms with Gasteiger partial charge in [-0.25, -0.2) is 4.39 Å². The van der Waals surface area contributed by atoms with Crippen LogP contribution in [0.5, 0.6) is 5.75 Å². The van der Waals surface area contributed by atoms with Crippen LogP contribution < -0.4 is 10.1 Å². The number of halogens is 1. The lowest BCUT2D eigenvalue weighted by atomic mass is 10.1. The minimum absolute atomic E-state index is 0.0432. The highest BCUT2D eigenvalue weighted by Gasteiger charge is 2.28. The van der Waals surface area contributed by atoms with Crippen LogP contribution in [0.15, 0.2) is 54.6 Å². The van der Waals surface area contributed by atoms with E-state index >= 15 is 0 Å². The molecular formula is C22H21FN4O3. The Balaban J connectivity index is 1.46. The van der Waals surface area contributed by atoms with Crippen molar-refractivity contribution in [3.63, 3.8) is 0 Å². The summed E-state index contributed by atoms with van der Waals surface area (Å²) in [6.07, 6.45) is 0. The number of amides is 2. The normalized spacial score (nSPS) is 13.1. The molecule has 7 nitrogen and oxygen atoms in total. The summed E-state index contributed by atoms with van der Waals surface area (Å²) < 4.78 is 20.6. The Morgan fingerprint density at radius 1 is 1.13 bits per heavy atom. The van der Waals surface area contributed by atoms with E-state index in [1.165, 1.54) is 12.1 Å². The molecule has 0 atom stereocenters. The molecule has 30 heavy (non-hydrogen) atoms. The molecular weight excluding hydrogens is 387 g/mol. The van der Waals surface area contributed by atoms with Gasteiger partial charge in [0, 0.05) is 36.8 Å². The zero-order chi connectivity index (χ0) is 21.1. The molecule has 0 saturated heterocycles. The Morgan fingerprint density at radius 3 is 2.63 bits per heavy atom. The molecule has 1 N–H and O–H groups in total. The smallest absolute Gasteiger partial charge is 0.272 e. The molecule has 154 valence electrons. The van der Waals surface area contributed by atoms with Gasteiger partial charge in [-0.2, -0.15) is 5.10 Å². The minimum Gasteiger partial charge on any atom is -0.496 e. The van der Waals surface area contributed by atoms with Gasteiger partial charge >= 0.3 is 0 Å². The Kier molecular flexibility index (Phi) is 5.47. The first kappa shape index (κ1) is 19.6. The van der Waals surface area contributed by atoms with Crippen molar-refractivity contribution in [2.75, 3.05) is 13.7 Å². The summed E-state index contributed by atoms with van der Waals surface area (Å²) in [5.41, 5.74) is 1.78. The molecule has 2 heterocycles. The molecule has 1 aromatic heterocycles. The van der Waals surface area contributed by atoms with Crippen molar-refractivity contribution in [1.82, 2.24) is 20.0 Å². The predicted molar refractivity (Wildman–Crippen MR) is 108 cm³/mol. The fourth-order valence-electron chi connectivity index (χ4n) is 3.45. The van der Waals surface area contributed by atoms with Gasteiger partial charge in [-0.05, 0) is 12.1 Å². The SMILES string of the molecule is COc1ccccc1CN1CCn2nc(C(=O)NCc3ccccc3F)cc2C1=O. The van der Waals surface area contributed by atoms with Crippen LogP contribution in [-0.2, 0) is 19.6 Å². The summed E-state index contributed by atoms with van der Waals surface area (Å²) in [7, 11) is 1.60. The number of hydrogen-bond acceptors (Lipinski definition) is 4. The van der Waals surface area contributed by atoms with Crippen molar-refractivity contribution in [2.45, 2.75) is 19.6 Å². The van der Waals surface area contributed by atoms with E-state index in [9.17, 15) is 14.0 Å². The standard InChI is InChI=1S/C22H21FN4O3/c1-30-20-9-5-3-7-16(20)14-26-10-11-27-19(22(26)29)12-18(25-27)21(28)24-13-15-6-2-4-8-17(15)23/h2-9,12H,10-11,13-14H2,1H3,(H,24,28). The quantitative estimate of drug-likeness (QED) is 0.680. The number of nitrogens with zero attached hydrogens (tertiary/aromatic N) is 3. The van der Waals surface area contributed by atoms with E-state index in [-0.39, 0.29) is 24.0 Å². The molecule has 0 unspecified atom stereocenters. The number of aromatic nitrogens is 2. The monoisotopic (exact) mass is 408 g/mol. The van der Waals surface area contributed by atoms with Crippen molar-refractivity contribution in [2.24, 2.45) is 0 Å². The summed E-state index contributed by atoms with van der Waals surface area (Å²) in [4.78, 5) is 27.1. The molecule has 4 rings (SSSR count). The van der Waals surface area contributed by atoms with Crippen molar-refractivity contribution < 1.29 is 18.7 Å². The maximum Gasteiger partial charge on any atom is 0.272 e. The highest BCUT2D eigenvalue weighted by atomic mass is 19.1. The average Bonchev–Trinajstić information content (AvgIpc) is 3.21. The van der Waals surface area contributed by atoms with E-state index in [0.29, 0.717) is 30.9 Å². The fourth-order valence-corrected chi connectivity index (χ4v) is 3.45. The zero-order valence-corrected chi connectivity index (χ0v) is 16.5. The Morgan fingerprint density at radius 2 is 1.87 bits per heavy atom. The molecule has 0 saturated carbocycles. The highest BCUT2D eigenvalue weighted by molar-refractivity contribution is 5.98. The third-order valence-electron chi connectivity index (χ3n) is 5.05. The van der Waals surface area contributed by atoms with E-state index < -0.39 is 5.91 Å². The summed E-state index contributed by atoms with van der Waals surface area (Å²) in [5, 5.41) is 6.90. The van der Waals surface area contributed by atoms with Gasteiger partial charge < -0.3 is 15.0 Å². The van der Waals surface area contributed by atoms with E-state index in [1.54, 1.807) is 34.9 Å². The summed E-state index contributed by atoms with van der Waals surface area (Å²) >= 11 is 0. The maximum absolute atomic E-state index is 13.7. The van der Waals surface area contributed by atoms with Gasteiger partial charge in [-0.3, -0.25) is 14.3 Å². The van der Waals surface area contributed by atoms with Crippen molar-refractivity contribution in [3.05, 3.63) is 82.9 Å². The number of para-hydroxylation sites is 1. The van der Waals surface area contributed by atoms with Crippen LogP contribution in [0.1, 0.15) is 32.1 Å². The van der Waals surface area contributed by atoms with Crippen LogP contribution in [0.25, 0.3) is 0 Å². The van der Waals surface area contributed by atoms with E-state index in [0.717, 1.165) is 11.3 Å². The first-order chi connectivity index (χ1) is 14.6. The zero-order valence-electron chi connectivity index (χ0n) is 16.5. The number of carbonyl (C=O) groups excluding carboxylic acids is 2. The first-order valence-corrected chi connectivity index (χ1v) is 9.57.